The molecule has 29 heavy (non-hydrogen) atoms. The van der Waals surface area contributed by atoms with Crippen molar-refractivity contribution < 1.29 is 9.53 Å². The van der Waals surface area contributed by atoms with Crippen LogP contribution >= 0.6 is 24.0 Å². The Bertz CT molecular complexity index is 518. The van der Waals surface area contributed by atoms with Crippen molar-refractivity contribution in [2.45, 2.75) is 58.6 Å². The Kier molecular flexibility index (Phi) is 11.6. The lowest BCUT2D eigenvalue weighted by atomic mass is 10.2. The number of aliphatic imine (C=N–C) groups is 1. The van der Waals surface area contributed by atoms with Crippen LogP contribution in [0.5, 0.6) is 0 Å². The predicted molar refractivity (Wildman–Crippen MR) is 129 cm³/mol. The number of likely N-dealkylation sites (N-methyl/N-ethyl adjacent to an activating group) is 1. The van der Waals surface area contributed by atoms with E-state index in [0.29, 0.717) is 12.0 Å². The zero-order chi connectivity index (χ0) is 20.6. The van der Waals surface area contributed by atoms with Crippen LogP contribution in [0.2, 0.25) is 0 Å². The average molecular weight is 524 g/mol. The molecular weight excluding hydrogens is 483 g/mol. The number of rotatable bonds is 7. The molecule has 2 aliphatic rings. The van der Waals surface area contributed by atoms with Crippen LogP contribution in [0, 0.1) is 0 Å². The summed E-state index contributed by atoms with van der Waals surface area (Å²) in [4.78, 5) is 23.3. The molecule has 0 bridgehead atoms. The highest BCUT2D eigenvalue weighted by molar-refractivity contribution is 14.0. The lowest BCUT2D eigenvalue weighted by Crippen LogP contribution is -2.50. The van der Waals surface area contributed by atoms with Gasteiger partial charge in [-0.2, -0.15) is 0 Å². The Labute approximate surface area is 193 Å². The molecule has 170 valence electrons. The Balaban J connectivity index is 0.00000420. The standard InChI is InChI=1S/C20H40N6O2.HI/c1-5-25-11-6-8-17(25)16-23-18(21)22-9-7-10-24-12-14-26(15-13-24)19(27)28-20(2,3)4;/h17H,5-16H2,1-4H3,(H3,21,22,23);1H. The smallest absolute Gasteiger partial charge is 0.410 e. The summed E-state index contributed by atoms with van der Waals surface area (Å²) in [6.07, 6.45) is 3.29. The number of hydrogen-bond acceptors (Lipinski definition) is 5. The summed E-state index contributed by atoms with van der Waals surface area (Å²) in [6.45, 7) is 16.0. The molecule has 2 saturated heterocycles. The van der Waals surface area contributed by atoms with Crippen molar-refractivity contribution in [1.82, 2.24) is 20.0 Å². The third-order valence-corrected chi connectivity index (χ3v) is 5.36. The Morgan fingerprint density at radius 3 is 2.52 bits per heavy atom. The fraction of sp³-hybridized carbons (Fsp3) is 0.900. The molecule has 0 aromatic carbocycles. The Morgan fingerprint density at radius 2 is 1.90 bits per heavy atom. The van der Waals surface area contributed by atoms with Gasteiger partial charge in [-0.3, -0.25) is 14.8 Å². The molecular formula is C20H41IN6O2. The second-order valence-corrected chi connectivity index (χ2v) is 8.74. The minimum atomic E-state index is -0.437. The summed E-state index contributed by atoms with van der Waals surface area (Å²) in [5.41, 5.74) is 5.57. The van der Waals surface area contributed by atoms with Crippen LogP contribution in [-0.4, -0.2) is 97.3 Å². The highest BCUT2D eigenvalue weighted by atomic mass is 127. The lowest BCUT2D eigenvalue weighted by Gasteiger charge is -2.35. The second kappa shape index (κ2) is 12.8. The van der Waals surface area contributed by atoms with Gasteiger partial charge in [0.15, 0.2) is 5.96 Å². The molecule has 3 N–H and O–H groups in total. The van der Waals surface area contributed by atoms with E-state index in [-0.39, 0.29) is 30.1 Å². The van der Waals surface area contributed by atoms with Crippen LogP contribution in [0.1, 0.15) is 47.0 Å². The largest absolute Gasteiger partial charge is 0.444 e. The van der Waals surface area contributed by atoms with E-state index >= 15 is 0 Å². The second-order valence-electron chi connectivity index (χ2n) is 8.74. The summed E-state index contributed by atoms with van der Waals surface area (Å²) < 4.78 is 5.44. The molecule has 9 heteroatoms. The number of nitrogens with two attached hydrogens (primary N) is 1. The first-order chi connectivity index (χ1) is 13.3. The Morgan fingerprint density at radius 1 is 1.21 bits per heavy atom. The van der Waals surface area contributed by atoms with E-state index in [1.54, 1.807) is 4.90 Å². The van der Waals surface area contributed by atoms with Crippen molar-refractivity contribution in [3.05, 3.63) is 0 Å². The predicted octanol–water partition coefficient (Wildman–Crippen LogP) is 1.94. The van der Waals surface area contributed by atoms with Crippen molar-refractivity contribution in [3.63, 3.8) is 0 Å². The topological polar surface area (TPSA) is 86.4 Å². The zero-order valence-corrected chi connectivity index (χ0v) is 21.0. The van der Waals surface area contributed by atoms with E-state index in [1.807, 2.05) is 20.8 Å². The highest BCUT2D eigenvalue weighted by Gasteiger charge is 2.25. The van der Waals surface area contributed by atoms with Gasteiger partial charge in [0.2, 0.25) is 0 Å². The molecule has 0 aromatic rings. The van der Waals surface area contributed by atoms with Crippen LogP contribution in [0.25, 0.3) is 0 Å². The maximum atomic E-state index is 12.1. The molecule has 2 rings (SSSR count). The summed E-state index contributed by atoms with van der Waals surface area (Å²) in [5, 5.41) is 3.23. The molecule has 2 fully saturated rings. The van der Waals surface area contributed by atoms with Crippen molar-refractivity contribution in [3.8, 4) is 0 Å². The molecule has 0 radical (unpaired) electrons. The van der Waals surface area contributed by atoms with E-state index in [2.05, 4.69) is 27.0 Å². The first-order valence-electron chi connectivity index (χ1n) is 10.8. The Hall–Kier alpha value is -0.810. The first-order valence-corrected chi connectivity index (χ1v) is 10.8. The number of guanidine groups is 1. The van der Waals surface area contributed by atoms with E-state index in [1.165, 1.54) is 19.4 Å². The maximum Gasteiger partial charge on any atom is 0.410 e. The molecule has 0 aromatic heterocycles. The number of carbonyl (C=O) groups is 1. The van der Waals surface area contributed by atoms with Gasteiger partial charge in [-0.05, 0) is 59.7 Å². The summed E-state index contributed by atoms with van der Waals surface area (Å²) in [5.74, 6) is 0.553. The number of nitrogens with zero attached hydrogens (tertiary/aromatic N) is 4. The van der Waals surface area contributed by atoms with Crippen molar-refractivity contribution in [1.29, 1.82) is 0 Å². The fourth-order valence-corrected chi connectivity index (χ4v) is 3.78. The minimum Gasteiger partial charge on any atom is -0.444 e. The van der Waals surface area contributed by atoms with Crippen LogP contribution in [0.3, 0.4) is 0 Å². The van der Waals surface area contributed by atoms with E-state index in [0.717, 1.165) is 58.8 Å². The number of nitrogens with one attached hydrogen (secondary N) is 1. The van der Waals surface area contributed by atoms with Crippen LogP contribution in [0.4, 0.5) is 4.79 Å². The summed E-state index contributed by atoms with van der Waals surface area (Å²) in [7, 11) is 0. The zero-order valence-electron chi connectivity index (χ0n) is 18.7. The number of piperazine rings is 1. The van der Waals surface area contributed by atoms with Gasteiger partial charge in [-0.1, -0.05) is 6.92 Å². The van der Waals surface area contributed by atoms with Crippen LogP contribution < -0.4 is 11.1 Å². The molecule has 2 heterocycles. The van der Waals surface area contributed by atoms with E-state index < -0.39 is 5.60 Å². The SMILES string of the molecule is CCN1CCCC1CN=C(N)NCCCN1CCN(C(=O)OC(C)(C)C)CC1.I. The average Bonchev–Trinajstić information content (AvgIpc) is 3.10. The van der Waals surface area contributed by atoms with Gasteiger partial charge >= 0.3 is 6.09 Å². The van der Waals surface area contributed by atoms with Crippen molar-refractivity contribution >= 4 is 36.0 Å². The quantitative estimate of drug-likeness (QED) is 0.229. The van der Waals surface area contributed by atoms with Gasteiger partial charge in [0.25, 0.3) is 0 Å². The number of halogens is 1. The van der Waals surface area contributed by atoms with Crippen LogP contribution in [-0.2, 0) is 4.74 Å². The molecule has 1 unspecified atom stereocenters. The van der Waals surface area contributed by atoms with Gasteiger partial charge in [0, 0.05) is 38.8 Å². The first kappa shape index (κ1) is 26.2. The van der Waals surface area contributed by atoms with Gasteiger partial charge in [0.1, 0.15) is 5.60 Å². The maximum absolute atomic E-state index is 12.1. The molecule has 2 aliphatic heterocycles. The molecule has 0 saturated carbocycles. The number of ether oxygens (including phenoxy) is 1. The number of carbonyl (C=O) groups excluding carboxylic acids is 1. The van der Waals surface area contributed by atoms with Gasteiger partial charge in [-0.25, -0.2) is 4.79 Å². The summed E-state index contributed by atoms with van der Waals surface area (Å²) >= 11 is 0. The molecule has 0 spiro atoms. The minimum absolute atomic E-state index is 0. The molecule has 8 nitrogen and oxygen atoms in total. The number of amides is 1. The normalized spacial score (nSPS) is 21.7. The van der Waals surface area contributed by atoms with E-state index in [4.69, 9.17) is 10.5 Å². The third kappa shape index (κ3) is 9.69. The van der Waals surface area contributed by atoms with E-state index in [9.17, 15) is 4.79 Å². The van der Waals surface area contributed by atoms with Gasteiger partial charge in [-0.15, -0.1) is 24.0 Å². The van der Waals surface area contributed by atoms with Crippen LogP contribution in [0.15, 0.2) is 4.99 Å². The van der Waals surface area contributed by atoms with Crippen molar-refractivity contribution in [2.75, 3.05) is 58.9 Å². The number of hydrogen-bond donors (Lipinski definition) is 2. The molecule has 1 amide bonds. The highest BCUT2D eigenvalue weighted by Crippen LogP contribution is 2.16. The lowest BCUT2D eigenvalue weighted by molar-refractivity contribution is 0.0145. The fourth-order valence-electron chi connectivity index (χ4n) is 3.78. The summed E-state index contributed by atoms with van der Waals surface area (Å²) in [6, 6.07) is 0.548. The molecule has 0 aliphatic carbocycles. The van der Waals surface area contributed by atoms with Crippen molar-refractivity contribution in [2.24, 2.45) is 10.7 Å². The van der Waals surface area contributed by atoms with Gasteiger partial charge in [0.05, 0.1) is 6.54 Å². The molecule has 1 atom stereocenters. The third-order valence-electron chi connectivity index (χ3n) is 5.36. The monoisotopic (exact) mass is 524 g/mol. The number of likely N-dealkylation sites (tertiary alicyclic amines) is 1. The van der Waals surface area contributed by atoms with Gasteiger partial charge < -0.3 is 20.7 Å².